The van der Waals surface area contributed by atoms with Gasteiger partial charge >= 0.3 is 6.18 Å². The Morgan fingerprint density at radius 2 is 2.00 bits per heavy atom. The van der Waals surface area contributed by atoms with Crippen LogP contribution in [0.4, 0.5) is 13.2 Å². The molecule has 1 unspecified atom stereocenters. The number of aromatic nitrogens is 2. The molecule has 3 fully saturated rings. The molecule has 1 saturated carbocycles. The molecule has 1 atom stereocenters. The van der Waals surface area contributed by atoms with Crippen LogP contribution in [-0.2, 0) is 17.8 Å². The number of imidazole rings is 1. The van der Waals surface area contributed by atoms with E-state index in [1.54, 1.807) is 0 Å². The van der Waals surface area contributed by atoms with Crippen LogP contribution in [0.3, 0.4) is 0 Å². The van der Waals surface area contributed by atoms with Crippen LogP contribution in [0.25, 0.3) is 0 Å². The van der Waals surface area contributed by atoms with Crippen molar-refractivity contribution in [3.05, 3.63) is 18.2 Å². The molecule has 2 saturated heterocycles. The molecule has 3 aliphatic rings. The third kappa shape index (κ3) is 2.96. The van der Waals surface area contributed by atoms with Gasteiger partial charge in [0.05, 0.1) is 6.54 Å². The first-order valence-corrected chi connectivity index (χ1v) is 8.85. The Labute approximate surface area is 140 Å². The third-order valence-corrected chi connectivity index (χ3v) is 6.10. The summed E-state index contributed by atoms with van der Waals surface area (Å²) >= 11 is 0. The summed E-state index contributed by atoms with van der Waals surface area (Å²) in [7, 11) is 0. The first-order valence-electron chi connectivity index (χ1n) is 8.85. The largest absolute Gasteiger partial charge is 0.406 e. The minimum absolute atomic E-state index is 0.420. The molecule has 1 spiro atoms. The molecular weight excluding hydrogens is 319 g/mol. The molecule has 1 aromatic heterocycles. The summed E-state index contributed by atoms with van der Waals surface area (Å²) in [5.74, 6) is 1.14. The van der Waals surface area contributed by atoms with Crippen molar-refractivity contribution >= 4 is 0 Å². The van der Waals surface area contributed by atoms with Gasteiger partial charge in [-0.1, -0.05) is 6.42 Å². The van der Waals surface area contributed by atoms with E-state index in [1.807, 2.05) is 0 Å². The lowest BCUT2D eigenvalue weighted by molar-refractivity contribution is -0.169. The fourth-order valence-electron chi connectivity index (χ4n) is 4.95. The van der Waals surface area contributed by atoms with Crippen molar-refractivity contribution in [1.82, 2.24) is 14.5 Å². The van der Waals surface area contributed by atoms with Crippen molar-refractivity contribution in [2.45, 2.75) is 57.4 Å². The number of likely N-dealkylation sites (tertiary alicyclic amines) is 1. The van der Waals surface area contributed by atoms with Crippen LogP contribution in [0, 0.1) is 11.3 Å². The molecule has 1 aromatic rings. The Kier molecular flexibility index (Phi) is 4.11. The second-order valence-corrected chi connectivity index (χ2v) is 7.60. The zero-order valence-electron chi connectivity index (χ0n) is 13.8. The summed E-state index contributed by atoms with van der Waals surface area (Å²) in [6, 6.07) is 0.492. The topological polar surface area (TPSA) is 30.3 Å². The zero-order chi connectivity index (χ0) is 16.8. The third-order valence-electron chi connectivity index (χ3n) is 6.10. The Hall–Kier alpha value is -1.08. The summed E-state index contributed by atoms with van der Waals surface area (Å²) in [5.41, 5.74) is 0.420. The number of nitrogens with zero attached hydrogens (tertiary/aromatic N) is 3. The fraction of sp³-hybridized carbons (Fsp3) is 0.824. The molecule has 24 heavy (non-hydrogen) atoms. The molecule has 134 valence electrons. The van der Waals surface area contributed by atoms with Gasteiger partial charge in [0, 0.05) is 38.2 Å². The van der Waals surface area contributed by atoms with Gasteiger partial charge in [-0.3, -0.25) is 4.90 Å². The lowest BCUT2D eigenvalue weighted by Crippen LogP contribution is -2.69. The van der Waals surface area contributed by atoms with E-state index < -0.39 is 12.7 Å². The number of hydrogen-bond acceptors (Lipinski definition) is 3. The standard InChI is InChI=1S/C17H24F3N3O/c18-17(19,20)12-22-7-6-21-14(22)10-23-11-16(4-1-5-16)15(23)13-2-8-24-9-3-13/h6-7,13,15H,1-5,8-12H2. The lowest BCUT2D eigenvalue weighted by Gasteiger charge is -2.65. The van der Waals surface area contributed by atoms with Crippen molar-refractivity contribution in [1.29, 1.82) is 0 Å². The molecular formula is C17H24F3N3O. The minimum atomic E-state index is -4.21. The van der Waals surface area contributed by atoms with E-state index >= 15 is 0 Å². The number of alkyl halides is 3. The molecule has 0 amide bonds. The smallest absolute Gasteiger partial charge is 0.381 e. The van der Waals surface area contributed by atoms with E-state index in [0.29, 0.717) is 29.7 Å². The van der Waals surface area contributed by atoms with Crippen LogP contribution in [0.5, 0.6) is 0 Å². The van der Waals surface area contributed by atoms with E-state index in [4.69, 9.17) is 4.74 Å². The first-order chi connectivity index (χ1) is 11.5. The Bertz CT molecular complexity index is 576. The molecule has 4 nitrogen and oxygen atoms in total. The molecule has 0 N–H and O–H groups in total. The Morgan fingerprint density at radius 3 is 2.62 bits per heavy atom. The van der Waals surface area contributed by atoms with Gasteiger partial charge in [-0.05, 0) is 37.0 Å². The molecule has 3 heterocycles. The van der Waals surface area contributed by atoms with E-state index in [-0.39, 0.29) is 0 Å². The fourth-order valence-corrected chi connectivity index (χ4v) is 4.95. The zero-order valence-corrected chi connectivity index (χ0v) is 13.8. The predicted octanol–water partition coefficient (Wildman–Crippen LogP) is 3.23. The van der Waals surface area contributed by atoms with E-state index in [1.165, 1.54) is 36.2 Å². The molecule has 1 aliphatic carbocycles. The van der Waals surface area contributed by atoms with Gasteiger partial charge in [-0.2, -0.15) is 13.2 Å². The summed E-state index contributed by atoms with van der Waals surface area (Å²) in [6.07, 6.45) is 4.66. The van der Waals surface area contributed by atoms with Gasteiger partial charge in [-0.15, -0.1) is 0 Å². The highest BCUT2D eigenvalue weighted by atomic mass is 19.4. The van der Waals surface area contributed by atoms with Crippen molar-refractivity contribution in [2.24, 2.45) is 11.3 Å². The second-order valence-electron chi connectivity index (χ2n) is 7.60. The van der Waals surface area contributed by atoms with Crippen LogP contribution in [-0.4, -0.2) is 46.4 Å². The quantitative estimate of drug-likeness (QED) is 0.841. The maximum Gasteiger partial charge on any atom is 0.406 e. The predicted molar refractivity (Wildman–Crippen MR) is 82.3 cm³/mol. The first kappa shape index (κ1) is 16.4. The lowest BCUT2D eigenvalue weighted by atomic mass is 9.54. The average molecular weight is 343 g/mol. The van der Waals surface area contributed by atoms with E-state index in [9.17, 15) is 13.2 Å². The maximum atomic E-state index is 12.7. The van der Waals surface area contributed by atoms with Crippen molar-refractivity contribution in [3.8, 4) is 0 Å². The maximum absolute atomic E-state index is 12.7. The summed E-state index contributed by atoms with van der Waals surface area (Å²) in [6.45, 7) is 2.20. The van der Waals surface area contributed by atoms with Crippen LogP contribution in [0.1, 0.15) is 37.9 Å². The molecule has 4 rings (SSSR count). The van der Waals surface area contributed by atoms with Crippen LogP contribution in [0.2, 0.25) is 0 Å². The number of hydrogen-bond donors (Lipinski definition) is 0. The van der Waals surface area contributed by atoms with Crippen LogP contribution >= 0.6 is 0 Å². The molecule has 2 aliphatic heterocycles. The highest BCUT2D eigenvalue weighted by Gasteiger charge is 2.58. The number of ether oxygens (including phenoxy) is 1. The van der Waals surface area contributed by atoms with Crippen LogP contribution < -0.4 is 0 Å². The highest BCUT2D eigenvalue weighted by molar-refractivity contribution is 5.12. The Balaban J connectivity index is 1.47. The van der Waals surface area contributed by atoms with Crippen molar-refractivity contribution in [2.75, 3.05) is 19.8 Å². The summed E-state index contributed by atoms with van der Waals surface area (Å²) in [5, 5.41) is 0. The molecule has 0 aromatic carbocycles. The SMILES string of the molecule is FC(F)(F)Cn1ccnc1CN1CC2(CCC2)C1C1CCOCC1. The van der Waals surface area contributed by atoms with Gasteiger partial charge < -0.3 is 9.30 Å². The molecule has 0 radical (unpaired) electrons. The monoisotopic (exact) mass is 343 g/mol. The van der Waals surface area contributed by atoms with Gasteiger partial charge in [0.15, 0.2) is 0 Å². The number of halogens is 3. The van der Waals surface area contributed by atoms with Crippen molar-refractivity contribution < 1.29 is 17.9 Å². The van der Waals surface area contributed by atoms with Gasteiger partial charge in [0.25, 0.3) is 0 Å². The highest BCUT2D eigenvalue weighted by Crippen LogP contribution is 2.56. The second kappa shape index (κ2) is 6.02. The molecule has 0 bridgehead atoms. The van der Waals surface area contributed by atoms with Gasteiger partial charge in [0.1, 0.15) is 12.4 Å². The number of rotatable bonds is 4. The van der Waals surface area contributed by atoms with E-state index in [0.717, 1.165) is 32.6 Å². The normalized spacial score (nSPS) is 27.9. The summed E-state index contributed by atoms with van der Waals surface area (Å²) in [4.78, 5) is 6.56. The average Bonchev–Trinajstić information content (AvgIpc) is 2.87. The van der Waals surface area contributed by atoms with Gasteiger partial charge in [0.2, 0.25) is 0 Å². The summed E-state index contributed by atoms with van der Waals surface area (Å²) < 4.78 is 44.9. The Morgan fingerprint density at radius 1 is 1.25 bits per heavy atom. The minimum Gasteiger partial charge on any atom is -0.381 e. The van der Waals surface area contributed by atoms with E-state index in [2.05, 4.69) is 9.88 Å². The van der Waals surface area contributed by atoms with Gasteiger partial charge in [-0.25, -0.2) is 4.98 Å². The molecule has 7 heteroatoms. The van der Waals surface area contributed by atoms with Crippen LogP contribution in [0.15, 0.2) is 12.4 Å². The van der Waals surface area contributed by atoms with Crippen molar-refractivity contribution in [3.63, 3.8) is 0 Å².